The van der Waals surface area contributed by atoms with E-state index in [2.05, 4.69) is 4.98 Å². The van der Waals surface area contributed by atoms with Gasteiger partial charge in [0.2, 0.25) is 11.2 Å². The number of pyridine rings is 1. The van der Waals surface area contributed by atoms with E-state index in [1.54, 1.807) is 6.92 Å². The average molecular weight is 446 g/mol. The van der Waals surface area contributed by atoms with E-state index < -0.39 is 35.1 Å². The molecular weight excluding hydrogens is 422 g/mol. The molecule has 2 aromatic rings. The molecule has 9 heteroatoms. The summed E-state index contributed by atoms with van der Waals surface area (Å²) in [4.78, 5) is 28.2. The maximum absolute atomic E-state index is 14.5. The number of ether oxygens (including phenoxy) is 3. The van der Waals surface area contributed by atoms with Gasteiger partial charge in [-0.25, -0.2) is 9.18 Å². The average Bonchev–Trinajstić information content (AvgIpc) is 3.04. The van der Waals surface area contributed by atoms with Gasteiger partial charge in [-0.1, -0.05) is 13.0 Å². The second kappa shape index (κ2) is 9.09. The minimum Gasteiger partial charge on any atom is -0.493 e. The van der Waals surface area contributed by atoms with Gasteiger partial charge in [0.15, 0.2) is 11.6 Å². The van der Waals surface area contributed by atoms with E-state index in [4.69, 9.17) is 14.2 Å². The number of H-pyrrole nitrogens is 1. The predicted octanol–water partition coefficient (Wildman–Crippen LogP) is 3.90. The molecule has 0 bridgehead atoms. The number of carbonyl (C=O) groups excluding carboxylic acids is 1. The fraction of sp³-hybridized carbons (Fsp3) is 0.435. The highest BCUT2D eigenvalue weighted by molar-refractivity contribution is 5.91. The highest BCUT2D eigenvalue weighted by Crippen LogP contribution is 2.51. The highest BCUT2D eigenvalue weighted by Gasteiger charge is 2.45. The van der Waals surface area contributed by atoms with Gasteiger partial charge in [-0.15, -0.1) is 0 Å². The first-order chi connectivity index (χ1) is 15.2. The second-order valence-corrected chi connectivity index (χ2v) is 7.71. The number of rotatable bonds is 5. The third kappa shape index (κ3) is 3.75. The Morgan fingerprint density at radius 1 is 1.31 bits per heavy atom. The minimum absolute atomic E-state index is 0.0696. The molecular formula is C23H24F2N2O5. The number of aromatic nitrogens is 1. The summed E-state index contributed by atoms with van der Waals surface area (Å²) in [6, 6.07) is 4.28. The van der Waals surface area contributed by atoms with Crippen LogP contribution < -0.4 is 10.2 Å². The molecule has 0 aliphatic carbocycles. The SMILES string of the molecule is CCOC(=O)c1c(C)[nH]c([C@@H]2O[C@H](C)[C@@H](C)[C@H]2c2ccc(F)c(F)c2OC)c(C#N)c1=O. The van der Waals surface area contributed by atoms with Crippen LogP contribution in [-0.4, -0.2) is 30.8 Å². The van der Waals surface area contributed by atoms with Crippen LogP contribution in [0, 0.1) is 35.8 Å². The zero-order valence-corrected chi connectivity index (χ0v) is 18.4. The lowest BCUT2D eigenvalue weighted by atomic mass is 9.80. The fourth-order valence-electron chi connectivity index (χ4n) is 4.24. The Kier molecular flexibility index (Phi) is 6.65. The van der Waals surface area contributed by atoms with Crippen LogP contribution in [0.25, 0.3) is 0 Å². The van der Waals surface area contributed by atoms with Crippen molar-refractivity contribution in [2.24, 2.45) is 5.92 Å². The topological polar surface area (TPSA) is 101 Å². The molecule has 0 radical (unpaired) electrons. The van der Waals surface area contributed by atoms with Gasteiger partial charge in [0.05, 0.1) is 25.5 Å². The zero-order valence-electron chi connectivity index (χ0n) is 18.4. The van der Waals surface area contributed by atoms with Gasteiger partial charge in [0, 0.05) is 17.2 Å². The first kappa shape index (κ1) is 23.4. The lowest BCUT2D eigenvalue weighted by molar-refractivity contribution is 0.0413. The predicted molar refractivity (Wildman–Crippen MR) is 111 cm³/mol. The summed E-state index contributed by atoms with van der Waals surface area (Å²) in [5.74, 6) is -4.03. The molecule has 1 aliphatic heterocycles. The molecule has 1 aromatic carbocycles. The van der Waals surface area contributed by atoms with Crippen LogP contribution in [0.2, 0.25) is 0 Å². The smallest absolute Gasteiger partial charge is 0.343 e. The van der Waals surface area contributed by atoms with Crippen molar-refractivity contribution < 1.29 is 27.8 Å². The van der Waals surface area contributed by atoms with Gasteiger partial charge in [0.25, 0.3) is 0 Å². The Bertz CT molecular complexity index is 1150. The molecule has 1 fully saturated rings. The van der Waals surface area contributed by atoms with Crippen LogP contribution in [0.3, 0.4) is 0 Å². The standard InChI is InChI=1S/C23H24F2N2O5/c1-6-31-23(29)17-11(3)27-19(14(9-26)20(17)28)22-16(10(2)12(4)32-22)13-7-8-15(24)18(25)21(13)30-5/h7-8,10,12,16,22H,6H2,1-5H3,(H,27,28)/t10-,12-,16+,22-/m1/s1. The van der Waals surface area contributed by atoms with Crippen molar-refractivity contribution in [1.82, 2.24) is 4.98 Å². The summed E-state index contributed by atoms with van der Waals surface area (Å²) in [5.41, 5.74) is -0.593. The number of hydrogen-bond acceptors (Lipinski definition) is 6. The molecule has 1 aromatic heterocycles. The number of methoxy groups -OCH3 is 1. The molecule has 4 atom stereocenters. The highest BCUT2D eigenvalue weighted by atomic mass is 19.2. The van der Waals surface area contributed by atoms with E-state index in [0.29, 0.717) is 5.56 Å². The van der Waals surface area contributed by atoms with E-state index in [0.717, 1.165) is 6.07 Å². The van der Waals surface area contributed by atoms with E-state index in [-0.39, 0.29) is 46.9 Å². The van der Waals surface area contributed by atoms with Crippen molar-refractivity contribution in [3.05, 3.63) is 62.1 Å². The Balaban J connectivity index is 2.23. The van der Waals surface area contributed by atoms with Gasteiger partial charge in [0.1, 0.15) is 23.3 Å². The Morgan fingerprint density at radius 3 is 2.59 bits per heavy atom. The summed E-state index contributed by atoms with van der Waals surface area (Å²) in [6.07, 6.45) is -1.20. The molecule has 1 aliphatic rings. The number of benzene rings is 1. The van der Waals surface area contributed by atoms with Crippen LogP contribution in [0.15, 0.2) is 16.9 Å². The Labute approximate surface area is 183 Å². The third-order valence-electron chi connectivity index (χ3n) is 5.93. The number of carbonyl (C=O) groups is 1. The van der Waals surface area contributed by atoms with Gasteiger partial charge < -0.3 is 19.2 Å². The Hall–Kier alpha value is -3.25. The second-order valence-electron chi connectivity index (χ2n) is 7.71. The van der Waals surface area contributed by atoms with Crippen LogP contribution in [0.5, 0.6) is 5.75 Å². The summed E-state index contributed by atoms with van der Waals surface area (Å²) in [6.45, 7) is 6.89. The summed E-state index contributed by atoms with van der Waals surface area (Å²) in [7, 11) is 1.24. The number of nitriles is 1. The van der Waals surface area contributed by atoms with E-state index in [9.17, 15) is 23.6 Å². The van der Waals surface area contributed by atoms with Gasteiger partial charge in [-0.2, -0.15) is 9.65 Å². The number of hydrogen-bond donors (Lipinski definition) is 1. The lowest BCUT2D eigenvalue weighted by Crippen LogP contribution is -2.26. The van der Waals surface area contributed by atoms with Crippen LogP contribution in [0.1, 0.15) is 65.7 Å². The number of nitrogens with zero attached hydrogens (tertiary/aromatic N) is 1. The first-order valence-corrected chi connectivity index (χ1v) is 10.2. The molecule has 0 amide bonds. The van der Waals surface area contributed by atoms with Crippen LogP contribution in [0.4, 0.5) is 8.78 Å². The quantitative estimate of drug-likeness (QED) is 0.699. The normalized spacial score (nSPS) is 22.4. The fourth-order valence-corrected chi connectivity index (χ4v) is 4.24. The van der Waals surface area contributed by atoms with Crippen molar-refractivity contribution in [3.8, 4) is 11.8 Å². The number of halogens is 2. The van der Waals surface area contributed by atoms with Crippen LogP contribution >= 0.6 is 0 Å². The molecule has 3 rings (SSSR count). The van der Waals surface area contributed by atoms with E-state index >= 15 is 0 Å². The summed E-state index contributed by atoms with van der Waals surface area (Å²) < 4.78 is 44.4. The Morgan fingerprint density at radius 2 is 2.00 bits per heavy atom. The number of esters is 1. The molecule has 1 saturated heterocycles. The maximum Gasteiger partial charge on any atom is 0.343 e. The summed E-state index contributed by atoms with van der Waals surface area (Å²) in [5, 5.41) is 9.74. The third-order valence-corrected chi connectivity index (χ3v) is 5.93. The lowest BCUT2D eigenvalue weighted by Gasteiger charge is -2.25. The first-order valence-electron chi connectivity index (χ1n) is 10.2. The maximum atomic E-state index is 14.5. The van der Waals surface area contributed by atoms with Gasteiger partial charge >= 0.3 is 5.97 Å². The molecule has 0 unspecified atom stereocenters. The molecule has 7 nitrogen and oxygen atoms in total. The van der Waals surface area contributed by atoms with Crippen molar-refractivity contribution in [2.45, 2.75) is 45.8 Å². The van der Waals surface area contributed by atoms with E-state index in [1.165, 1.54) is 20.1 Å². The number of nitrogens with one attached hydrogen (secondary N) is 1. The van der Waals surface area contributed by atoms with Crippen molar-refractivity contribution in [1.29, 1.82) is 5.26 Å². The molecule has 2 heterocycles. The molecule has 170 valence electrons. The minimum atomic E-state index is -1.13. The largest absolute Gasteiger partial charge is 0.493 e. The van der Waals surface area contributed by atoms with Crippen molar-refractivity contribution >= 4 is 5.97 Å². The molecule has 1 N–H and O–H groups in total. The van der Waals surface area contributed by atoms with Crippen molar-refractivity contribution in [2.75, 3.05) is 13.7 Å². The van der Waals surface area contributed by atoms with Gasteiger partial charge in [-0.3, -0.25) is 4.79 Å². The monoisotopic (exact) mass is 446 g/mol. The molecule has 0 saturated carbocycles. The van der Waals surface area contributed by atoms with E-state index in [1.807, 2.05) is 19.9 Å². The molecule has 0 spiro atoms. The summed E-state index contributed by atoms with van der Waals surface area (Å²) >= 11 is 0. The number of aromatic amines is 1. The zero-order chi connectivity index (χ0) is 23.7. The molecule has 32 heavy (non-hydrogen) atoms. The van der Waals surface area contributed by atoms with Crippen molar-refractivity contribution in [3.63, 3.8) is 0 Å². The van der Waals surface area contributed by atoms with Crippen LogP contribution in [-0.2, 0) is 9.47 Å². The number of aryl methyl sites for hydroxylation is 1. The van der Waals surface area contributed by atoms with Gasteiger partial charge in [-0.05, 0) is 32.8 Å².